The highest BCUT2D eigenvalue weighted by Crippen LogP contribution is 2.36. The van der Waals surface area contributed by atoms with Crippen molar-refractivity contribution >= 4 is 18.1 Å². The maximum Gasteiger partial charge on any atom is 0.340 e. The van der Waals surface area contributed by atoms with Gasteiger partial charge in [-0.25, -0.2) is 9.78 Å². The first kappa shape index (κ1) is 17.3. The molecule has 0 unspecified atom stereocenters. The predicted molar refractivity (Wildman–Crippen MR) is 90.2 cm³/mol. The quantitative estimate of drug-likeness (QED) is 0.784. The number of hydrogen-bond acceptors (Lipinski definition) is 5. The second kappa shape index (κ2) is 7.50. The number of nitrogens with zero attached hydrogens (tertiary/aromatic N) is 1. The number of benzene rings is 1. The van der Waals surface area contributed by atoms with Crippen molar-refractivity contribution in [1.82, 2.24) is 4.98 Å². The van der Waals surface area contributed by atoms with E-state index in [2.05, 4.69) is 4.98 Å². The third kappa shape index (κ3) is 3.84. The monoisotopic (exact) mass is 329 g/mol. The summed E-state index contributed by atoms with van der Waals surface area (Å²) in [5, 5.41) is 19.9. The van der Waals surface area contributed by atoms with E-state index in [0.717, 1.165) is 5.57 Å². The Morgan fingerprint density at radius 3 is 2.67 bits per heavy atom. The predicted octanol–water partition coefficient (Wildman–Crippen LogP) is 3.77. The first-order valence-corrected chi connectivity index (χ1v) is 7.31. The highest BCUT2D eigenvalue weighted by atomic mass is 16.5. The van der Waals surface area contributed by atoms with Crippen LogP contribution in [0, 0.1) is 0 Å². The smallest absolute Gasteiger partial charge is 0.340 e. The van der Waals surface area contributed by atoms with Crippen molar-refractivity contribution < 1.29 is 24.2 Å². The van der Waals surface area contributed by atoms with Gasteiger partial charge in [0.05, 0.1) is 13.3 Å². The topological polar surface area (TPSA) is 92.8 Å². The van der Waals surface area contributed by atoms with E-state index in [4.69, 9.17) is 9.15 Å². The minimum absolute atomic E-state index is 0.184. The summed E-state index contributed by atoms with van der Waals surface area (Å²) in [6.07, 6.45) is 8.21. The summed E-state index contributed by atoms with van der Waals surface area (Å²) >= 11 is 0. The fraction of sp³-hybridized carbons (Fsp3) is 0.222. The molecule has 24 heavy (non-hydrogen) atoms. The molecule has 0 amide bonds. The molecule has 6 heteroatoms. The first-order chi connectivity index (χ1) is 11.4. The van der Waals surface area contributed by atoms with Crippen molar-refractivity contribution in [3.8, 4) is 11.5 Å². The average molecular weight is 329 g/mol. The van der Waals surface area contributed by atoms with Gasteiger partial charge in [0, 0.05) is 11.6 Å². The van der Waals surface area contributed by atoms with Crippen molar-refractivity contribution in [2.45, 2.75) is 20.3 Å². The summed E-state index contributed by atoms with van der Waals surface area (Å²) in [5.41, 5.74) is 1.61. The molecule has 0 saturated carbocycles. The number of aromatic hydroxyl groups is 1. The molecule has 1 aromatic heterocycles. The van der Waals surface area contributed by atoms with Gasteiger partial charge in [0.15, 0.2) is 0 Å². The molecular formula is C18H19NO5. The first-order valence-electron chi connectivity index (χ1n) is 7.31. The molecule has 0 aliphatic rings. The zero-order valence-electron chi connectivity index (χ0n) is 13.7. The largest absolute Gasteiger partial charge is 0.507 e. The summed E-state index contributed by atoms with van der Waals surface area (Å²) in [5.74, 6) is -0.771. The molecule has 126 valence electrons. The molecule has 0 fully saturated rings. The minimum Gasteiger partial charge on any atom is -0.507 e. The van der Waals surface area contributed by atoms with Gasteiger partial charge in [-0.1, -0.05) is 11.6 Å². The number of carboxylic acids is 1. The van der Waals surface area contributed by atoms with E-state index in [1.165, 1.54) is 31.7 Å². The van der Waals surface area contributed by atoms with Gasteiger partial charge in [-0.05, 0) is 38.0 Å². The fourth-order valence-corrected chi connectivity index (χ4v) is 2.22. The van der Waals surface area contributed by atoms with E-state index in [9.17, 15) is 15.0 Å². The molecule has 1 aromatic carbocycles. The van der Waals surface area contributed by atoms with Gasteiger partial charge in [-0.3, -0.25) is 0 Å². The van der Waals surface area contributed by atoms with Crippen molar-refractivity contribution in [3.63, 3.8) is 0 Å². The summed E-state index contributed by atoms with van der Waals surface area (Å²) in [6.45, 7) is 3.85. The standard InChI is InChI=1S/C18H19NO5/c1-11(2)4-6-13-14(23-3)10-12(16(17(13)20)18(21)22)5-7-15-19-8-9-24-15/h4-5,7-10,20H,6H2,1-3H3,(H,21,22)/b7-5-. The van der Waals surface area contributed by atoms with Crippen molar-refractivity contribution in [1.29, 1.82) is 0 Å². The Hall–Kier alpha value is -3.02. The minimum atomic E-state index is -1.22. The molecule has 0 atom stereocenters. The number of methoxy groups -OCH3 is 1. The maximum absolute atomic E-state index is 11.6. The summed E-state index contributed by atoms with van der Waals surface area (Å²) in [6, 6.07) is 1.58. The number of carboxylic acid groups (broad SMARTS) is 1. The maximum atomic E-state index is 11.6. The third-order valence-electron chi connectivity index (χ3n) is 3.40. The van der Waals surface area contributed by atoms with Gasteiger partial charge < -0.3 is 19.4 Å². The normalized spacial score (nSPS) is 10.8. The zero-order chi connectivity index (χ0) is 17.7. The Balaban J connectivity index is 2.56. The van der Waals surface area contributed by atoms with Gasteiger partial charge in [0.2, 0.25) is 5.89 Å². The summed E-state index contributed by atoms with van der Waals surface area (Å²) in [7, 11) is 1.48. The molecule has 6 nitrogen and oxygen atoms in total. The molecule has 0 spiro atoms. The van der Waals surface area contributed by atoms with Crippen LogP contribution in [-0.2, 0) is 6.42 Å². The zero-order valence-corrected chi connectivity index (χ0v) is 13.7. The van der Waals surface area contributed by atoms with Crippen LogP contribution in [0.2, 0.25) is 0 Å². The van der Waals surface area contributed by atoms with Crippen LogP contribution in [0.4, 0.5) is 0 Å². The molecule has 2 aromatic rings. The van der Waals surface area contributed by atoms with Crippen LogP contribution in [0.15, 0.2) is 34.6 Å². The molecular weight excluding hydrogens is 310 g/mol. The summed E-state index contributed by atoms with van der Waals surface area (Å²) in [4.78, 5) is 15.5. The lowest BCUT2D eigenvalue weighted by molar-refractivity contribution is 0.0693. The number of rotatable bonds is 6. The number of ether oxygens (including phenoxy) is 1. The van der Waals surface area contributed by atoms with E-state index >= 15 is 0 Å². The Kier molecular flexibility index (Phi) is 5.42. The Morgan fingerprint density at radius 2 is 2.12 bits per heavy atom. The number of aromatic carboxylic acids is 1. The Labute approximate surface area is 139 Å². The molecule has 2 rings (SSSR count). The SMILES string of the molecule is COc1cc(/C=C\c2ncco2)c(C(=O)O)c(O)c1CC=C(C)C. The second-order valence-electron chi connectivity index (χ2n) is 5.36. The molecule has 0 radical (unpaired) electrons. The van der Waals surface area contributed by atoms with Gasteiger partial charge in [-0.2, -0.15) is 0 Å². The van der Waals surface area contributed by atoms with E-state index in [-0.39, 0.29) is 11.3 Å². The average Bonchev–Trinajstić information content (AvgIpc) is 3.03. The van der Waals surface area contributed by atoms with Crippen LogP contribution in [0.5, 0.6) is 11.5 Å². The van der Waals surface area contributed by atoms with E-state index in [0.29, 0.717) is 29.2 Å². The molecule has 0 aliphatic heterocycles. The lowest BCUT2D eigenvalue weighted by Crippen LogP contribution is -2.04. The number of hydrogen-bond donors (Lipinski definition) is 2. The van der Waals surface area contributed by atoms with Crippen molar-refractivity contribution in [3.05, 3.63) is 52.8 Å². The van der Waals surface area contributed by atoms with Gasteiger partial charge in [0.25, 0.3) is 0 Å². The van der Waals surface area contributed by atoms with Gasteiger partial charge >= 0.3 is 5.97 Å². The molecule has 1 heterocycles. The van der Waals surface area contributed by atoms with E-state index in [1.54, 1.807) is 6.07 Å². The molecule has 2 N–H and O–H groups in total. The van der Waals surface area contributed by atoms with E-state index < -0.39 is 5.97 Å². The fourth-order valence-electron chi connectivity index (χ4n) is 2.22. The third-order valence-corrected chi connectivity index (χ3v) is 3.40. The highest BCUT2D eigenvalue weighted by molar-refractivity contribution is 5.97. The van der Waals surface area contributed by atoms with Crippen molar-refractivity contribution in [2.75, 3.05) is 7.11 Å². The number of phenols is 1. The highest BCUT2D eigenvalue weighted by Gasteiger charge is 2.21. The molecule has 0 aliphatic carbocycles. The Morgan fingerprint density at radius 1 is 1.38 bits per heavy atom. The second-order valence-corrected chi connectivity index (χ2v) is 5.36. The van der Waals surface area contributed by atoms with Gasteiger partial charge in [-0.15, -0.1) is 0 Å². The van der Waals surface area contributed by atoms with Crippen LogP contribution in [0.1, 0.15) is 41.2 Å². The van der Waals surface area contributed by atoms with Crippen molar-refractivity contribution in [2.24, 2.45) is 0 Å². The van der Waals surface area contributed by atoms with E-state index in [1.807, 2.05) is 19.9 Å². The molecule has 0 saturated heterocycles. The number of allylic oxidation sites excluding steroid dienone is 2. The Bertz CT molecular complexity index is 784. The van der Waals surface area contributed by atoms with Crippen LogP contribution in [0.25, 0.3) is 12.2 Å². The van der Waals surface area contributed by atoms with Crippen LogP contribution < -0.4 is 4.74 Å². The molecule has 0 bridgehead atoms. The number of carbonyl (C=O) groups is 1. The lowest BCUT2D eigenvalue weighted by Gasteiger charge is -2.14. The van der Waals surface area contributed by atoms with Crippen LogP contribution >= 0.6 is 0 Å². The number of aromatic nitrogens is 1. The number of oxazole rings is 1. The van der Waals surface area contributed by atoms with Gasteiger partial charge in [0.1, 0.15) is 23.3 Å². The van der Waals surface area contributed by atoms with Crippen LogP contribution in [0.3, 0.4) is 0 Å². The lowest BCUT2D eigenvalue weighted by atomic mass is 9.98. The summed E-state index contributed by atoms with van der Waals surface area (Å²) < 4.78 is 10.4. The van der Waals surface area contributed by atoms with Crippen LogP contribution in [-0.4, -0.2) is 28.3 Å².